The molecular formula is C30H35F3N2O4. The molecule has 1 saturated heterocycles. The van der Waals surface area contributed by atoms with Crippen LogP contribution in [0.2, 0.25) is 0 Å². The predicted molar refractivity (Wildman–Crippen MR) is 138 cm³/mol. The molecular weight excluding hydrogens is 509 g/mol. The molecule has 2 aromatic rings. The number of benzene rings is 1. The lowest BCUT2D eigenvalue weighted by atomic mass is 9.56. The summed E-state index contributed by atoms with van der Waals surface area (Å²) < 4.78 is 50.1. The van der Waals surface area contributed by atoms with Gasteiger partial charge in [-0.3, -0.25) is 9.78 Å². The standard InChI is InChI=1S/C30H35F3N2O4/c1-3-38-29(37)35-23-10-11-24-20(14-23)15-26-27(17(2)39-28(26)36)25(24)12-9-22-8-7-19(16-34-22)18-5-4-6-21(13-18)30(31,32)33/h4-8,13,16-17,20,23-27H,3,9-12,14-15H2,1-2H3,(H,35,37)/t17-,20+,23-,24-,25+,26-,27+/m1/s1. The van der Waals surface area contributed by atoms with Gasteiger partial charge in [0.1, 0.15) is 6.10 Å². The summed E-state index contributed by atoms with van der Waals surface area (Å²) in [5.41, 5.74) is 1.31. The number of esters is 1. The number of cyclic esters (lactones) is 1. The molecule has 7 atom stereocenters. The molecule has 0 bridgehead atoms. The summed E-state index contributed by atoms with van der Waals surface area (Å²) in [6, 6.07) is 9.02. The van der Waals surface area contributed by atoms with Gasteiger partial charge >= 0.3 is 18.2 Å². The second kappa shape index (κ2) is 11.2. The number of nitrogens with one attached hydrogen (secondary N) is 1. The van der Waals surface area contributed by atoms with Crippen molar-refractivity contribution < 1.29 is 32.2 Å². The molecule has 3 aliphatic rings. The van der Waals surface area contributed by atoms with Gasteiger partial charge in [-0.15, -0.1) is 0 Å². The Hall–Kier alpha value is -3.10. The fourth-order valence-electron chi connectivity index (χ4n) is 7.28. The van der Waals surface area contributed by atoms with Crippen LogP contribution in [0.5, 0.6) is 0 Å². The van der Waals surface area contributed by atoms with Crippen LogP contribution in [0, 0.1) is 29.6 Å². The number of alkyl carbamates (subject to hydrolysis) is 1. The molecule has 2 saturated carbocycles. The van der Waals surface area contributed by atoms with E-state index in [1.807, 2.05) is 19.1 Å². The average molecular weight is 545 g/mol. The smallest absolute Gasteiger partial charge is 0.416 e. The van der Waals surface area contributed by atoms with Crippen LogP contribution >= 0.6 is 0 Å². The van der Waals surface area contributed by atoms with E-state index in [2.05, 4.69) is 10.3 Å². The number of aryl methyl sites for hydroxylation is 1. The molecule has 1 N–H and O–H groups in total. The highest BCUT2D eigenvalue weighted by Crippen LogP contribution is 2.54. The Kier molecular flexibility index (Phi) is 7.87. The van der Waals surface area contributed by atoms with Gasteiger partial charge in [0.25, 0.3) is 0 Å². The molecule has 9 heteroatoms. The normalized spacial score (nSPS) is 30.2. The number of carbonyl (C=O) groups is 2. The Balaban J connectivity index is 1.28. The third-order valence-corrected chi connectivity index (χ3v) is 8.93. The number of carbonyl (C=O) groups excluding carboxylic acids is 2. The monoisotopic (exact) mass is 544 g/mol. The van der Waals surface area contributed by atoms with Gasteiger partial charge in [-0.05, 0) is 93.9 Å². The summed E-state index contributed by atoms with van der Waals surface area (Å²) in [7, 11) is 0. The van der Waals surface area contributed by atoms with Crippen LogP contribution in [-0.2, 0) is 26.9 Å². The lowest BCUT2D eigenvalue weighted by Gasteiger charge is -2.48. The van der Waals surface area contributed by atoms with Crippen molar-refractivity contribution in [1.29, 1.82) is 0 Å². The van der Waals surface area contributed by atoms with E-state index in [9.17, 15) is 22.8 Å². The van der Waals surface area contributed by atoms with E-state index in [1.54, 1.807) is 19.2 Å². The van der Waals surface area contributed by atoms with Gasteiger partial charge in [0, 0.05) is 29.4 Å². The molecule has 0 radical (unpaired) electrons. The van der Waals surface area contributed by atoms with Crippen molar-refractivity contribution in [2.45, 2.75) is 70.7 Å². The van der Waals surface area contributed by atoms with Crippen molar-refractivity contribution in [3.63, 3.8) is 0 Å². The van der Waals surface area contributed by atoms with Crippen molar-refractivity contribution in [3.05, 3.63) is 53.9 Å². The third kappa shape index (κ3) is 5.92. The Morgan fingerprint density at radius 2 is 1.97 bits per heavy atom. The Bertz CT molecular complexity index is 1190. The van der Waals surface area contributed by atoms with Crippen molar-refractivity contribution in [2.75, 3.05) is 6.61 Å². The molecule has 1 amide bonds. The first-order valence-electron chi connectivity index (χ1n) is 13.9. The number of hydrogen-bond donors (Lipinski definition) is 1. The number of pyridine rings is 1. The van der Waals surface area contributed by atoms with Gasteiger partial charge < -0.3 is 14.8 Å². The Labute approximate surface area is 226 Å². The molecule has 1 aliphatic heterocycles. The molecule has 39 heavy (non-hydrogen) atoms. The second-order valence-corrected chi connectivity index (χ2v) is 11.2. The number of aromatic nitrogens is 1. The van der Waals surface area contributed by atoms with Crippen LogP contribution in [0.4, 0.5) is 18.0 Å². The number of ether oxygens (including phenoxy) is 2. The molecule has 2 aliphatic carbocycles. The van der Waals surface area contributed by atoms with Crippen molar-refractivity contribution in [3.8, 4) is 11.1 Å². The number of hydrogen-bond acceptors (Lipinski definition) is 5. The largest absolute Gasteiger partial charge is 0.462 e. The summed E-state index contributed by atoms with van der Waals surface area (Å²) in [5, 5.41) is 2.99. The molecule has 1 aromatic heterocycles. The molecule has 6 nitrogen and oxygen atoms in total. The van der Waals surface area contributed by atoms with E-state index in [4.69, 9.17) is 9.47 Å². The summed E-state index contributed by atoms with van der Waals surface area (Å²) >= 11 is 0. The molecule has 5 rings (SSSR count). The van der Waals surface area contributed by atoms with Crippen LogP contribution in [0.15, 0.2) is 42.6 Å². The van der Waals surface area contributed by atoms with Gasteiger partial charge in [-0.2, -0.15) is 13.2 Å². The minimum absolute atomic E-state index is 0.0439. The van der Waals surface area contributed by atoms with Crippen LogP contribution in [0.1, 0.15) is 57.2 Å². The van der Waals surface area contributed by atoms with Gasteiger partial charge in [0.05, 0.1) is 18.1 Å². The van der Waals surface area contributed by atoms with Crippen molar-refractivity contribution >= 4 is 12.1 Å². The zero-order chi connectivity index (χ0) is 27.7. The summed E-state index contributed by atoms with van der Waals surface area (Å²) in [5.74, 6) is 0.990. The average Bonchev–Trinajstić information content (AvgIpc) is 3.19. The van der Waals surface area contributed by atoms with E-state index in [0.29, 0.717) is 41.9 Å². The first-order chi connectivity index (χ1) is 18.6. The quantitative estimate of drug-likeness (QED) is 0.424. The highest BCUT2D eigenvalue weighted by Gasteiger charge is 2.55. The molecule has 1 aromatic carbocycles. The highest BCUT2D eigenvalue weighted by molar-refractivity contribution is 5.75. The van der Waals surface area contributed by atoms with Crippen LogP contribution in [0.3, 0.4) is 0 Å². The summed E-state index contributed by atoms with van der Waals surface area (Å²) in [4.78, 5) is 29.3. The third-order valence-electron chi connectivity index (χ3n) is 8.93. The SMILES string of the molecule is CCOC(=O)N[C@@H]1CC[C@@H]2[C@@H](C1)C[C@H]1C(=O)O[C@H](C)[C@H]1[C@H]2CCc1ccc(-c2cccc(C(F)(F)F)c2)cn1. The topological polar surface area (TPSA) is 77.5 Å². The summed E-state index contributed by atoms with van der Waals surface area (Å²) in [6.07, 6.45) is 1.76. The Morgan fingerprint density at radius 1 is 1.15 bits per heavy atom. The van der Waals surface area contributed by atoms with E-state index >= 15 is 0 Å². The van der Waals surface area contributed by atoms with E-state index in [-0.39, 0.29) is 36.0 Å². The Morgan fingerprint density at radius 3 is 2.69 bits per heavy atom. The number of fused-ring (bicyclic) bond motifs is 2. The molecule has 2 heterocycles. The lowest BCUT2D eigenvalue weighted by molar-refractivity contribution is -0.144. The fraction of sp³-hybridized carbons (Fsp3) is 0.567. The number of amides is 1. The first kappa shape index (κ1) is 27.5. The highest BCUT2D eigenvalue weighted by atomic mass is 19.4. The van der Waals surface area contributed by atoms with Gasteiger partial charge in [-0.25, -0.2) is 4.79 Å². The van der Waals surface area contributed by atoms with Crippen molar-refractivity contribution in [1.82, 2.24) is 10.3 Å². The van der Waals surface area contributed by atoms with E-state index in [0.717, 1.165) is 49.9 Å². The van der Waals surface area contributed by atoms with Crippen LogP contribution in [0.25, 0.3) is 11.1 Å². The maximum Gasteiger partial charge on any atom is 0.416 e. The maximum atomic E-state index is 13.1. The minimum atomic E-state index is -4.39. The number of halogens is 3. The van der Waals surface area contributed by atoms with Gasteiger partial charge in [0.2, 0.25) is 0 Å². The maximum absolute atomic E-state index is 13.1. The van der Waals surface area contributed by atoms with Crippen LogP contribution in [-0.4, -0.2) is 35.8 Å². The van der Waals surface area contributed by atoms with E-state index < -0.39 is 11.7 Å². The molecule has 3 fully saturated rings. The lowest BCUT2D eigenvalue weighted by Crippen LogP contribution is -2.49. The molecule has 0 unspecified atom stereocenters. The second-order valence-electron chi connectivity index (χ2n) is 11.2. The fourth-order valence-corrected chi connectivity index (χ4v) is 7.28. The predicted octanol–water partition coefficient (Wildman–Crippen LogP) is 6.43. The van der Waals surface area contributed by atoms with Crippen LogP contribution < -0.4 is 5.32 Å². The first-order valence-corrected chi connectivity index (χ1v) is 13.9. The number of alkyl halides is 3. The number of nitrogens with zero attached hydrogens (tertiary/aromatic N) is 1. The van der Waals surface area contributed by atoms with Gasteiger partial charge in [-0.1, -0.05) is 18.2 Å². The zero-order valence-corrected chi connectivity index (χ0v) is 22.2. The van der Waals surface area contributed by atoms with E-state index in [1.165, 1.54) is 6.07 Å². The van der Waals surface area contributed by atoms with Gasteiger partial charge in [0.15, 0.2) is 0 Å². The molecule has 210 valence electrons. The number of rotatable bonds is 6. The van der Waals surface area contributed by atoms with Crippen molar-refractivity contribution in [2.24, 2.45) is 29.6 Å². The molecule has 0 spiro atoms. The minimum Gasteiger partial charge on any atom is -0.462 e. The summed E-state index contributed by atoms with van der Waals surface area (Å²) in [6.45, 7) is 4.10. The zero-order valence-electron chi connectivity index (χ0n) is 22.2.